The fourth-order valence-corrected chi connectivity index (χ4v) is 5.83. The third-order valence-corrected chi connectivity index (χ3v) is 7.95. The van der Waals surface area contributed by atoms with Crippen molar-refractivity contribution in [2.24, 2.45) is 5.92 Å². The minimum atomic E-state index is -3.89. The molecule has 1 saturated heterocycles. The number of sulfone groups is 1. The molecule has 1 aliphatic heterocycles. The number of fused-ring (bicyclic) bond motifs is 1. The molecule has 186 valence electrons. The second-order valence-electron chi connectivity index (χ2n) is 8.28. The average molecular weight is 499 g/mol. The van der Waals surface area contributed by atoms with Crippen LogP contribution in [0.25, 0.3) is 10.9 Å². The highest BCUT2D eigenvalue weighted by Crippen LogP contribution is 2.39. The van der Waals surface area contributed by atoms with Gasteiger partial charge in [0.25, 0.3) is 0 Å². The molecule has 2 heterocycles. The molecule has 0 saturated carbocycles. The molecule has 0 amide bonds. The number of benzene rings is 2. The molecule has 0 spiro atoms. The molecule has 3 aromatic rings. The van der Waals surface area contributed by atoms with E-state index in [1.807, 2.05) is 30.0 Å². The van der Waals surface area contributed by atoms with E-state index in [4.69, 9.17) is 14.2 Å². The number of pyridine rings is 1. The van der Waals surface area contributed by atoms with Crippen molar-refractivity contribution in [3.05, 3.63) is 48.7 Å². The molecule has 0 bridgehead atoms. The first-order valence-corrected chi connectivity index (χ1v) is 13.2. The monoisotopic (exact) mass is 498 g/mol. The number of aromatic nitrogens is 1. The van der Waals surface area contributed by atoms with Gasteiger partial charge in [-0.2, -0.15) is 0 Å². The Bertz CT molecular complexity index is 1300. The Kier molecular flexibility index (Phi) is 7.45. The number of carbonyl (C=O) groups is 1. The average Bonchev–Trinajstić information content (AvgIpc) is 2.88. The van der Waals surface area contributed by atoms with Crippen LogP contribution in [0.1, 0.15) is 26.7 Å². The van der Waals surface area contributed by atoms with E-state index in [0.717, 1.165) is 0 Å². The number of nitrogens with zero attached hydrogens (tertiary/aromatic N) is 2. The van der Waals surface area contributed by atoms with E-state index in [9.17, 15) is 13.2 Å². The van der Waals surface area contributed by atoms with E-state index in [2.05, 4.69) is 4.98 Å². The van der Waals surface area contributed by atoms with Crippen LogP contribution in [0.4, 0.5) is 5.69 Å². The molecule has 9 heteroatoms. The van der Waals surface area contributed by atoms with Crippen LogP contribution in [0.2, 0.25) is 0 Å². The van der Waals surface area contributed by atoms with Crippen molar-refractivity contribution in [2.75, 3.05) is 38.3 Å². The first-order valence-electron chi connectivity index (χ1n) is 11.7. The lowest BCUT2D eigenvalue weighted by molar-refractivity contribution is -0.148. The van der Waals surface area contributed by atoms with Gasteiger partial charge in [0.1, 0.15) is 16.4 Å². The second kappa shape index (κ2) is 10.5. The number of piperidine rings is 1. The van der Waals surface area contributed by atoms with Gasteiger partial charge in [-0.05, 0) is 69.2 Å². The quantitative estimate of drug-likeness (QED) is 0.425. The minimum Gasteiger partial charge on any atom is -0.497 e. The molecule has 1 fully saturated rings. The summed E-state index contributed by atoms with van der Waals surface area (Å²) in [6.45, 7) is 5.57. The van der Waals surface area contributed by atoms with Gasteiger partial charge in [-0.25, -0.2) is 8.42 Å². The van der Waals surface area contributed by atoms with Crippen molar-refractivity contribution in [1.29, 1.82) is 0 Å². The minimum absolute atomic E-state index is 0.124. The molecule has 1 aromatic heterocycles. The third kappa shape index (κ3) is 5.05. The summed E-state index contributed by atoms with van der Waals surface area (Å²) >= 11 is 0. The molecule has 0 aliphatic carbocycles. The first kappa shape index (κ1) is 24.8. The number of esters is 1. The Balaban J connectivity index is 1.81. The topological polar surface area (TPSA) is 95.0 Å². The molecule has 0 unspecified atom stereocenters. The van der Waals surface area contributed by atoms with Crippen molar-refractivity contribution in [3.63, 3.8) is 0 Å². The summed E-state index contributed by atoms with van der Waals surface area (Å²) in [5.74, 6) is 0.822. The number of hydrogen-bond acceptors (Lipinski definition) is 8. The SMILES string of the molecule is CCOC(=O)C1CCN(c2c(S(=O)(=O)c3ccc(OC)cc3)cnc3ccc(OCC)cc23)CC1. The van der Waals surface area contributed by atoms with E-state index in [1.165, 1.54) is 25.4 Å². The summed E-state index contributed by atoms with van der Waals surface area (Å²) in [4.78, 5) is 19.0. The van der Waals surface area contributed by atoms with Crippen LogP contribution < -0.4 is 14.4 Å². The van der Waals surface area contributed by atoms with Crippen LogP contribution in [-0.4, -0.2) is 52.8 Å². The van der Waals surface area contributed by atoms with Gasteiger partial charge >= 0.3 is 5.97 Å². The van der Waals surface area contributed by atoms with E-state index in [-0.39, 0.29) is 21.7 Å². The molecule has 0 atom stereocenters. The van der Waals surface area contributed by atoms with E-state index >= 15 is 0 Å². The molecule has 0 N–H and O–H groups in total. The molecule has 4 rings (SSSR count). The number of rotatable bonds is 8. The highest BCUT2D eigenvalue weighted by atomic mass is 32.2. The molecule has 35 heavy (non-hydrogen) atoms. The van der Waals surface area contributed by atoms with Crippen molar-refractivity contribution in [3.8, 4) is 11.5 Å². The smallest absolute Gasteiger partial charge is 0.309 e. The van der Waals surface area contributed by atoms with Crippen molar-refractivity contribution in [1.82, 2.24) is 4.98 Å². The molecule has 1 aliphatic rings. The Morgan fingerprint density at radius 2 is 1.71 bits per heavy atom. The molecule has 2 aromatic carbocycles. The molecular formula is C26H30N2O6S. The van der Waals surface area contributed by atoms with Crippen molar-refractivity contribution < 1.29 is 27.4 Å². The second-order valence-corrected chi connectivity index (χ2v) is 10.2. The van der Waals surface area contributed by atoms with Crippen LogP contribution in [0.15, 0.2) is 58.5 Å². The van der Waals surface area contributed by atoms with Gasteiger partial charge in [-0.1, -0.05) is 0 Å². The number of hydrogen-bond donors (Lipinski definition) is 0. The third-order valence-electron chi connectivity index (χ3n) is 6.18. The standard InChI is InChI=1S/C26H30N2O6S/c1-4-33-20-8-11-23-22(16-20)25(28-14-12-18(13-15-28)26(29)34-5-2)24(17-27-23)35(30,31)21-9-6-19(32-3)7-10-21/h6-11,16-18H,4-5,12-15H2,1-3H3. The summed E-state index contributed by atoms with van der Waals surface area (Å²) in [5, 5.41) is 0.695. The summed E-state index contributed by atoms with van der Waals surface area (Å²) in [6, 6.07) is 11.8. The lowest BCUT2D eigenvalue weighted by atomic mass is 9.96. The highest BCUT2D eigenvalue weighted by Gasteiger charge is 2.31. The van der Waals surface area contributed by atoms with Gasteiger partial charge in [-0.3, -0.25) is 9.78 Å². The van der Waals surface area contributed by atoms with Gasteiger partial charge in [-0.15, -0.1) is 0 Å². The first-order chi connectivity index (χ1) is 16.9. The van der Waals surface area contributed by atoms with Crippen LogP contribution in [0.5, 0.6) is 11.5 Å². The summed E-state index contributed by atoms with van der Waals surface area (Å²) in [6.07, 6.45) is 2.58. The fourth-order valence-electron chi connectivity index (χ4n) is 4.40. The lowest BCUT2D eigenvalue weighted by Crippen LogP contribution is -2.37. The van der Waals surface area contributed by atoms with Crippen LogP contribution in [0.3, 0.4) is 0 Å². The van der Waals surface area contributed by atoms with Crippen molar-refractivity contribution in [2.45, 2.75) is 36.5 Å². The Morgan fingerprint density at radius 1 is 1.03 bits per heavy atom. The van der Waals surface area contributed by atoms with Gasteiger partial charge in [0.05, 0.1) is 42.3 Å². The van der Waals surface area contributed by atoms with E-state index in [0.29, 0.717) is 67.2 Å². The van der Waals surface area contributed by atoms with Gasteiger partial charge in [0.15, 0.2) is 0 Å². The number of methoxy groups -OCH3 is 1. The Hall–Kier alpha value is -3.33. The zero-order chi connectivity index (χ0) is 25.0. The number of anilines is 1. The Morgan fingerprint density at radius 3 is 2.34 bits per heavy atom. The van der Waals surface area contributed by atoms with Crippen LogP contribution in [0, 0.1) is 5.92 Å². The van der Waals surface area contributed by atoms with Crippen molar-refractivity contribution >= 4 is 32.4 Å². The maximum Gasteiger partial charge on any atom is 0.309 e. The predicted octanol–water partition coefficient (Wildman–Crippen LogP) is 4.25. The normalized spacial score (nSPS) is 14.7. The molecule has 0 radical (unpaired) electrons. The maximum absolute atomic E-state index is 13.8. The largest absolute Gasteiger partial charge is 0.497 e. The number of carbonyl (C=O) groups excluding carboxylic acids is 1. The van der Waals surface area contributed by atoms with E-state index < -0.39 is 9.84 Å². The zero-order valence-electron chi connectivity index (χ0n) is 20.2. The van der Waals surface area contributed by atoms with Gasteiger partial charge in [0, 0.05) is 24.7 Å². The van der Waals surface area contributed by atoms with Crippen LogP contribution >= 0.6 is 0 Å². The number of ether oxygens (including phenoxy) is 3. The lowest BCUT2D eigenvalue weighted by Gasteiger charge is -2.34. The van der Waals surface area contributed by atoms with Gasteiger partial charge in [0.2, 0.25) is 9.84 Å². The maximum atomic E-state index is 13.8. The molecule has 8 nitrogen and oxygen atoms in total. The Labute approximate surface area is 205 Å². The van der Waals surface area contributed by atoms with E-state index in [1.54, 1.807) is 19.1 Å². The summed E-state index contributed by atoms with van der Waals surface area (Å²) in [5.41, 5.74) is 1.25. The fraction of sp³-hybridized carbons (Fsp3) is 0.385. The van der Waals surface area contributed by atoms with Gasteiger partial charge < -0.3 is 19.1 Å². The summed E-state index contributed by atoms with van der Waals surface area (Å²) < 4.78 is 43.7. The van der Waals surface area contributed by atoms with Crippen LogP contribution in [-0.2, 0) is 19.4 Å². The highest BCUT2D eigenvalue weighted by molar-refractivity contribution is 7.91. The predicted molar refractivity (Wildman–Crippen MR) is 133 cm³/mol. The molecular weight excluding hydrogens is 468 g/mol. The summed E-state index contributed by atoms with van der Waals surface area (Å²) in [7, 11) is -2.36. The zero-order valence-corrected chi connectivity index (χ0v) is 21.0.